The summed E-state index contributed by atoms with van der Waals surface area (Å²) < 4.78 is 0. The highest BCUT2D eigenvalue weighted by Gasteiger charge is 2.30. The van der Waals surface area contributed by atoms with Crippen molar-refractivity contribution >= 4 is 27.8 Å². The first-order valence-corrected chi connectivity index (χ1v) is 6.70. The zero-order valence-corrected chi connectivity index (χ0v) is 11.2. The van der Waals surface area contributed by atoms with Crippen LogP contribution in [-0.4, -0.2) is 27.2 Å². The van der Waals surface area contributed by atoms with Gasteiger partial charge in [0.05, 0.1) is 11.9 Å². The average Bonchev–Trinajstić information content (AvgIpc) is 2.97. The fourth-order valence-corrected chi connectivity index (χ4v) is 2.65. The predicted octanol–water partition coefficient (Wildman–Crippen LogP) is 2.58. The normalized spacial score (nSPS) is 19.5. The number of carbonyl (C=O) groups excluding carboxylic acids is 1. The summed E-state index contributed by atoms with van der Waals surface area (Å²) in [5, 5.41) is 0. The first-order chi connectivity index (χ1) is 8.74. The van der Waals surface area contributed by atoms with Crippen LogP contribution in [0.4, 0.5) is 5.95 Å². The van der Waals surface area contributed by atoms with Crippen molar-refractivity contribution in [3.05, 3.63) is 36.5 Å². The van der Waals surface area contributed by atoms with E-state index in [0.717, 1.165) is 11.3 Å². The molecule has 3 rings (SSSR count). The molecule has 1 aliphatic heterocycles. The fraction of sp³-hybridized carbons (Fsp3) is 0.231. The Balaban J connectivity index is 1.88. The van der Waals surface area contributed by atoms with Crippen LogP contribution in [0.3, 0.4) is 0 Å². The molecule has 5 heteroatoms. The van der Waals surface area contributed by atoms with Crippen LogP contribution in [0.5, 0.6) is 0 Å². The number of alkyl halides is 1. The summed E-state index contributed by atoms with van der Waals surface area (Å²) in [6.45, 7) is 0.667. The van der Waals surface area contributed by atoms with Crippen molar-refractivity contribution in [1.29, 1.82) is 0 Å². The molecule has 0 spiro atoms. The minimum atomic E-state index is 0.103. The Bertz CT molecular complexity index is 567. The van der Waals surface area contributed by atoms with E-state index in [2.05, 4.69) is 25.9 Å². The van der Waals surface area contributed by atoms with Crippen LogP contribution in [0.1, 0.15) is 6.42 Å². The molecule has 0 aliphatic carbocycles. The lowest BCUT2D eigenvalue weighted by molar-refractivity contribution is -0.117. The molecule has 2 heterocycles. The largest absolute Gasteiger partial charge is 0.324 e. The topological polar surface area (TPSA) is 49.0 Å². The number of nitrogens with zero attached hydrogens (tertiary/aromatic N) is 2. The number of imidazole rings is 1. The summed E-state index contributed by atoms with van der Waals surface area (Å²) in [4.78, 5) is 21.2. The van der Waals surface area contributed by atoms with Gasteiger partial charge in [-0.2, -0.15) is 0 Å². The van der Waals surface area contributed by atoms with E-state index in [0.29, 0.717) is 18.9 Å². The van der Waals surface area contributed by atoms with E-state index in [4.69, 9.17) is 0 Å². The zero-order valence-electron chi connectivity index (χ0n) is 9.64. The third-order valence-electron chi connectivity index (χ3n) is 2.98. The van der Waals surface area contributed by atoms with Crippen molar-refractivity contribution in [2.24, 2.45) is 0 Å². The Labute approximate surface area is 113 Å². The van der Waals surface area contributed by atoms with Crippen LogP contribution in [0.2, 0.25) is 0 Å². The average molecular weight is 306 g/mol. The van der Waals surface area contributed by atoms with E-state index >= 15 is 0 Å². The molecule has 1 unspecified atom stereocenters. The van der Waals surface area contributed by atoms with Gasteiger partial charge in [0, 0.05) is 17.8 Å². The Hall–Kier alpha value is -1.62. The molecular weight excluding hydrogens is 294 g/mol. The number of aromatic amines is 1. The Kier molecular flexibility index (Phi) is 2.91. The number of halogens is 1. The summed E-state index contributed by atoms with van der Waals surface area (Å²) in [7, 11) is 0. The highest BCUT2D eigenvalue weighted by molar-refractivity contribution is 9.09. The van der Waals surface area contributed by atoms with E-state index in [1.807, 2.05) is 30.3 Å². The lowest BCUT2D eigenvalue weighted by Crippen LogP contribution is -2.25. The van der Waals surface area contributed by atoms with Crippen molar-refractivity contribution in [3.8, 4) is 11.3 Å². The van der Waals surface area contributed by atoms with Crippen LogP contribution in [0, 0.1) is 0 Å². The molecular formula is C13H12BrN3O. The fourth-order valence-electron chi connectivity index (χ4n) is 2.08. The molecule has 1 fully saturated rings. The van der Waals surface area contributed by atoms with Gasteiger partial charge < -0.3 is 4.98 Å². The highest BCUT2D eigenvalue weighted by Crippen LogP contribution is 2.25. The molecule has 1 saturated heterocycles. The summed E-state index contributed by atoms with van der Waals surface area (Å²) in [5.74, 6) is 0.728. The van der Waals surface area contributed by atoms with E-state index < -0.39 is 0 Å². The zero-order chi connectivity index (χ0) is 12.5. The molecule has 1 N–H and O–H groups in total. The number of nitrogens with one attached hydrogen (secondary N) is 1. The van der Waals surface area contributed by atoms with Gasteiger partial charge in [0.1, 0.15) is 0 Å². The first kappa shape index (κ1) is 11.5. The van der Waals surface area contributed by atoms with Gasteiger partial charge in [-0.3, -0.25) is 9.69 Å². The van der Waals surface area contributed by atoms with Crippen LogP contribution in [0.15, 0.2) is 36.5 Å². The maximum Gasteiger partial charge on any atom is 0.230 e. The van der Waals surface area contributed by atoms with Crippen molar-refractivity contribution < 1.29 is 4.79 Å². The van der Waals surface area contributed by atoms with Gasteiger partial charge in [-0.05, 0) is 5.56 Å². The molecule has 92 valence electrons. The number of hydrogen-bond donors (Lipinski definition) is 1. The number of benzene rings is 1. The molecule has 1 aliphatic rings. The quantitative estimate of drug-likeness (QED) is 0.867. The third-order valence-corrected chi connectivity index (χ3v) is 3.59. The summed E-state index contributed by atoms with van der Waals surface area (Å²) in [5.41, 5.74) is 2.00. The molecule has 0 radical (unpaired) electrons. The highest BCUT2D eigenvalue weighted by atomic mass is 79.9. The van der Waals surface area contributed by atoms with Gasteiger partial charge in [-0.1, -0.05) is 46.3 Å². The van der Waals surface area contributed by atoms with Crippen LogP contribution in [0.25, 0.3) is 11.3 Å². The first-order valence-electron chi connectivity index (χ1n) is 5.79. The lowest BCUT2D eigenvalue weighted by Gasteiger charge is -2.11. The van der Waals surface area contributed by atoms with E-state index in [1.165, 1.54) is 0 Å². The van der Waals surface area contributed by atoms with E-state index in [1.54, 1.807) is 11.1 Å². The molecule has 1 aromatic carbocycles. The second-order valence-corrected chi connectivity index (χ2v) is 5.59. The molecule has 2 aromatic rings. The second kappa shape index (κ2) is 4.57. The molecule has 1 aromatic heterocycles. The van der Waals surface area contributed by atoms with E-state index in [-0.39, 0.29) is 10.7 Å². The summed E-state index contributed by atoms with van der Waals surface area (Å²) in [6, 6.07) is 9.95. The molecule has 0 bridgehead atoms. The van der Waals surface area contributed by atoms with Crippen molar-refractivity contribution in [1.82, 2.24) is 9.97 Å². The Morgan fingerprint density at radius 2 is 2.11 bits per heavy atom. The van der Waals surface area contributed by atoms with Crippen molar-refractivity contribution in [2.45, 2.75) is 11.2 Å². The third kappa shape index (κ3) is 2.06. The maximum atomic E-state index is 11.8. The standard InChI is InChI=1S/C13H12BrN3O/c14-10-6-12(18)17(8-10)13-15-7-11(16-13)9-4-2-1-3-5-9/h1-5,7,10H,6,8H2,(H,15,16). The van der Waals surface area contributed by atoms with Gasteiger partial charge in [0.15, 0.2) is 0 Å². The summed E-state index contributed by atoms with van der Waals surface area (Å²) >= 11 is 3.46. The lowest BCUT2D eigenvalue weighted by atomic mass is 10.2. The van der Waals surface area contributed by atoms with E-state index in [9.17, 15) is 4.79 Å². The van der Waals surface area contributed by atoms with Gasteiger partial charge in [0.25, 0.3) is 0 Å². The summed E-state index contributed by atoms with van der Waals surface area (Å²) in [6.07, 6.45) is 2.29. The Morgan fingerprint density at radius 3 is 2.78 bits per heavy atom. The number of hydrogen-bond acceptors (Lipinski definition) is 2. The van der Waals surface area contributed by atoms with Crippen LogP contribution < -0.4 is 4.90 Å². The molecule has 1 amide bonds. The molecule has 1 atom stereocenters. The van der Waals surface area contributed by atoms with Crippen LogP contribution >= 0.6 is 15.9 Å². The second-order valence-electron chi connectivity index (χ2n) is 4.29. The number of carbonyl (C=O) groups is 1. The monoisotopic (exact) mass is 305 g/mol. The van der Waals surface area contributed by atoms with Gasteiger partial charge >= 0.3 is 0 Å². The van der Waals surface area contributed by atoms with Gasteiger partial charge in [0.2, 0.25) is 11.9 Å². The number of H-pyrrole nitrogens is 1. The van der Waals surface area contributed by atoms with Gasteiger partial charge in [-0.25, -0.2) is 4.98 Å². The smallest absolute Gasteiger partial charge is 0.230 e. The number of anilines is 1. The molecule has 0 saturated carbocycles. The number of amides is 1. The SMILES string of the molecule is O=C1CC(Br)CN1c1ncc(-c2ccccc2)[nH]1. The van der Waals surface area contributed by atoms with Gasteiger partial charge in [-0.15, -0.1) is 0 Å². The van der Waals surface area contributed by atoms with Crippen molar-refractivity contribution in [2.75, 3.05) is 11.4 Å². The number of rotatable bonds is 2. The van der Waals surface area contributed by atoms with Crippen LogP contribution in [-0.2, 0) is 4.79 Å². The molecule has 18 heavy (non-hydrogen) atoms. The molecule has 4 nitrogen and oxygen atoms in total. The predicted molar refractivity (Wildman–Crippen MR) is 73.7 cm³/mol. The maximum absolute atomic E-state index is 11.8. The Morgan fingerprint density at radius 1 is 1.33 bits per heavy atom. The number of aromatic nitrogens is 2. The minimum Gasteiger partial charge on any atom is -0.324 e. The minimum absolute atomic E-state index is 0.103. The van der Waals surface area contributed by atoms with Crippen molar-refractivity contribution in [3.63, 3.8) is 0 Å².